The molecule has 1 aliphatic heterocycles. The molecule has 1 aliphatic rings. The number of benzene rings is 1. The van der Waals surface area contributed by atoms with Crippen LogP contribution >= 0.6 is 0 Å². The van der Waals surface area contributed by atoms with Crippen molar-refractivity contribution in [1.82, 2.24) is 25.2 Å². The molecule has 1 atom stereocenters. The van der Waals surface area contributed by atoms with Gasteiger partial charge in [-0.2, -0.15) is 0 Å². The molecule has 1 saturated heterocycles. The summed E-state index contributed by atoms with van der Waals surface area (Å²) in [5, 5.41) is 11.4. The lowest BCUT2D eigenvalue weighted by Gasteiger charge is -2.30. The van der Waals surface area contributed by atoms with Crippen LogP contribution in [0.1, 0.15) is 26.2 Å². The number of hydrogen-bond donors (Lipinski definition) is 1. The number of hydrogen-bond acceptors (Lipinski definition) is 5. The van der Waals surface area contributed by atoms with Gasteiger partial charge in [0.15, 0.2) is 0 Å². The van der Waals surface area contributed by atoms with Crippen LogP contribution in [0.25, 0.3) is 10.9 Å². The Morgan fingerprint density at radius 2 is 2.16 bits per heavy atom. The number of fused-ring (bicyclic) bond motifs is 1. The average Bonchev–Trinajstić information content (AvgIpc) is 2.61. The standard InChI is InChI=1S/C18H25N5O2/c1-14-5-4-10-22(13-14)12-9-19-17(24)8-11-23-18(25)15-6-2-3-7-16(15)20-21-23/h2-3,6-7,14H,4-5,8-13H2,1H3,(H,19,24)/t14-/m0/s1. The summed E-state index contributed by atoms with van der Waals surface area (Å²) in [4.78, 5) is 26.7. The molecule has 2 aromatic rings. The van der Waals surface area contributed by atoms with Gasteiger partial charge in [0.25, 0.3) is 5.56 Å². The van der Waals surface area contributed by atoms with E-state index < -0.39 is 0 Å². The van der Waals surface area contributed by atoms with E-state index in [9.17, 15) is 9.59 Å². The summed E-state index contributed by atoms with van der Waals surface area (Å²) in [7, 11) is 0. The van der Waals surface area contributed by atoms with E-state index in [1.807, 2.05) is 6.07 Å². The largest absolute Gasteiger partial charge is 0.355 e. The Morgan fingerprint density at radius 3 is 3.00 bits per heavy atom. The number of rotatable bonds is 6. The van der Waals surface area contributed by atoms with Crippen LogP contribution in [0.5, 0.6) is 0 Å². The second-order valence-electron chi connectivity index (χ2n) is 6.78. The van der Waals surface area contributed by atoms with Gasteiger partial charge in [0, 0.05) is 26.1 Å². The molecule has 1 amide bonds. The van der Waals surface area contributed by atoms with Gasteiger partial charge in [-0.15, -0.1) is 5.10 Å². The van der Waals surface area contributed by atoms with E-state index in [1.54, 1.807) is 18.2 Å². The molecule has 1 fully saturated rings. The maximum atomic E-state index is 12.3. The molecule has 7 heteroatoms. The summed E-state index contributed by atoms with van der Waals surface area (Å²) in [6.45, 7) is 6.26. The smallest absolute Gasteiger partial charge is 0.277 e. The Balaban J connectivity index is 1.46. The summed E-state index contributed by atoms with van der Waals surface area (Å²) in [5.41, 5.74) is 0.365. The molecule has 0 bridgehead atoms. The van der Waals surface area contributed by atoms with Gasteiger partial charge in [0.05, 0.1) is 11.9 Å². The van der Waals surface area contributed by atoms with E-state index >= 15 is 0 Å². The summed E-state index contributed by atoms with van der Waals surface area (Å²) in [6.07, 6.45) is 2.76. The van der Waals surface area contributed by atoms with Gasteiger partial charge in [0.2, 0.25) is 5.91 Å². The fraction of sp³-hybridized carbons (Fsp3) is 0.556. The molecule has 0 unspecified atom stereocenters. The van der Waals surface area contributed by atoms with Crippen molar-refractivity contribution in [2.45, 2.75) is 32.7 Å². The van der Waals surface area contributed by atoms with Gasteiger partial charge in [-0.3, -0.25) is 9.59 Å². The van der Waals surface area contributed by atoms with Gasteiger partial charge in [0.1, 0.15) is 5.52 Å². The number of aromatic nitrogens is 3. The molecule has 1 aromatic heterocycles. The maximum Gasteiger partial charge on any atom is 0.277 e. The molecule has 134 valence electrons. The van der Waals surface area contributed by atoms with E-state index in [0.717, 1.165) is 25.6 Å². The fourth-order valence-corrected chi connectivity index (χ4v) is 3.31. The van der Waals surface area contributed by atoms with E-state index in [-0.39, 0.29) is 24.4 Å². The molecule has 25 heavy (non-hydrogen) atoms. The van der Waals surface area contributed by atoms with E-state index in [2.05, 4.69) is 27.5 Å². The van der Waals surface area contributed by atoms with Crippen LogP contribution in [0.15, 0.2) is 29.1 Å². The number of piperidine rings is 1. The van der Waals surface area contributed by atoms with Crippen LogP contribution in [0, 0.1) is 5.92 Å². The van der Waals surface area contributed by atoms with E-state index in [1.165, 1.54) is 17.5 Å². The average molecular weight is 343 g/mol. The minimum Gasteiger partial charge on any atom is -0.355 e. The van der Waals surface area contributed by atoms with Crippen molar-refractivity contribution in [2.24, 2.45) is 5.92 Å². The van der Waals surface area contributed by atoms with Crippen molar-refractivity contribution < 1.29 is 4.79 Å². The lowest BCUT2D eigenvalue weighted by molar-refractivity contribution is -0.121. The van der Waals surface area contributed by atoms with Crippen molar-refractivity contribution in [3.63, 3.8) is 0 Å². The Bertz CT molecular complexity index is 788. The highest BCUT2D eigenvalue weighted by Gasteiger charge is 2.15. The molecular weight excluding hydrogens is 318 g/mol. The SMILES string of the molecule is C[C@H]1CCCN(CCNC(=O)CCn2nnc3ccccc3c2=O)C1. The van der Waals surface area contributed by atoms with E-state index in [4.69, 9.17) is 0 Å². The third-order valence-electron chi connectivity index (χ3n) is 4.67. The molecule has 0 spiro atoms. The molecule has 3 rings (SSSR count). The summed E-state index contributed by atoms with van der Waals surface area (Å²) in [5.74, 6) is 0.676. The predicted octanol–water partition coefficient (Wildman–Crippen LogP) is 1.03. The second kappa shape index (κ2) is 8.20. The zero-order chi connectivity index (χ0) is 17.6. The van der Waals surface area contributed by atoms with Crippen LogP contribution in [-0.2, 0) is 11.3 Å². The molecule has 0 radical (unpaired) electrons. The first-order valence-corrected chi connectivity index (χ1v) is 8.95. The number of likely N-dealkylation sites (tertiary alicyclic amines) is 1. The van der Waals surface area contributed by atoms with Crippen molar-refractivity contribution >= 4 is 16.8 Å². The van der Waals surface area contributed by atoms with Crippen LogP contribution in [0.2, 0.25) is 0 Å². The van der Waals surface area contributed by atoms with Gasteiger partial charge in [-0.25, -0.2) is 4.68 Å². The molecular formula is C18H25N5O2. The number of amides is 1. The molecule has 7 nitrogen and oxygen atoms in total. The Kier molecular flexibility index (Phi) is 5.75. The van der Waals surface area contributed by atoms with E-state index in [0.29, 0.717) is 17.4 Å². The molecule has 0 aliphatic carbocycles. The minimum absolute atomic E-state index is 0.0630. The normalized spacial score (nSPS) is 18.4. The quantitative estimate of drug-likeness (QED) is 0.847. The topological polar surface area (TPSA) is 80.1 Å². The highest BCUT2D eigenvalue weighted by Crippen LogP contribution is 2.14. The van der Waals surface area contributed by atoms with Crippen LogP contribution < -0.4 is 10.9 Å². The fourth-order valence-electron chi connectivity index (χ4n) is 3.31. The number of carbonyl (C=O) groups excluding carboxylic acids is 1. The third-order valence-corrected chi connectivity index (χ3v) is 4.67. The van der Waals surface area contributed by atoms with Gasteiger partial charge < -0.3 is 10.2 Å². The zero-order valence-electron chi connectivity index (χ0n) is 14.6. The van der Waals surface area contributed by atoms with Crippen LogP contribution in [0.4, 0.5) is 0 Å². The summed E-state index contributed by atoms with van der Waals surface area (Å²) in [6, 6.07) is 7.09. The summed E-state index contributed by atoms with van der Waals surface area (Å²) >= 11 is 0. The predicted molar refractivity (Wildman–Crippen MR) is 96.3 cm³/mol. The van der Waals surface area contributed by atoms with Crippen molar-refractivity contribution in [3.8, 4) is 0 Å². The van der Waals surface area contributed by atoms with Gasteiger partial charge in [-0.05, 0) is 37.4 Å². The Labute approximate surface area is 147 Å². The highest BCUT2D eigenvalue weighted by molar-refractivity contribution is 5.77. The molecule has 2 heterocycles. The number of nitrogens with one attached hydrogen (secondary N) is 1. The van der Waals surface area contributed by atoms with Crippen LogP contribution in [-0.4, -0.2) is 52.0 Å². The highest BCUT2D eigenvalue weighted by atomic mass is 16.2. The zero-order valence-corrected chi connectivity index (χ0v) is 14.6. The minimum atomic E-state index is -0.208. The van der Waals surface area contributed by atoms with Gasteiger partial charge in [-0.1, -0.05) is 24.3 Å². The third kappa shape index (κ3) is 4.63. The van der Waals surface area contributed by atoms with Crippen molar-refractivity contribution in [3.05, 3.63) is 34.6 Å². The second-order valence-corrected chi connectivity index (χ2v) is 6.78. The Morgan fingerprint density at radius 1 is 1.32 bits per heavy atom. The summed E-state index contributed by atoms with van der Waals surface area (Å²) < 4.78 is 1.26. The maximum absolute atomic E-state index is 12.3. The molecule has 1 aromatic carbocycles. The lowest BCUT2D eigenvalue weighted by atomic mass is 10.0. The first kappa shape index (κ1) is 17.5. The molecule has 0 saturated carbocycles. The van der Waals surface area contributed by atoms with Crippen molar-refractivity contribution in [2.75, 3.05) is 26.2 Å². The number of nitrogens with zero attached hydrogens (tertiary/aromatic N) is 4. The lowest BCUT2D eigenvalue weighted by Crippen LogP contribution is -2.40. The van der Waals surface area contributed by atoms with Crippen LogP contribution in [0.3, 0.4) is 0 Å². The monoisotopic (exact) mass is 343 g/mol. The first-order chi connectivity index (χ1) is 12.1. The van der Waals surface area contributed by atoms with Crippen molar-refractivity contribution in [1.29, 1.82) is 0 Å². The number of carbonyl (C=O) groups is 1. The van der Waals surface area contributed by atoms with Gasteiger partial charge >= 0.3 is 0 Å². The molecule has 1 N–H and O–H groups in total. The Hall–Kier alpha value is -2.28. The first-order valence-electron chi connectivity index (χ1n) is 8.95. The number of aryl methyl sites for hydroxylation is 1.